The van der Waals surface area contributed by atoms with Crippen molar-refractivity contribution in [2.24, 2.45) is 0 Å². The molecule has 6 rings (SSSR count). The zero-order chi connectivity index (χ0) is 37.5. The first-order valence-electron chi connectivity index (χ1n) is 19.3. The fourth-order valence-electron chi connectivity index (χ4n) is 6.73. The van der Waals surface area contributed by atoms with Crippen LogP contribution in [0.1, 0.15) is 59.3 Å². The van der Waals surface area contributed by atoms with E-state index in [1.165, 1.54) is 56.2 Å². The predicted octanol–water partition coefficient (Wildman–Crippen LogP) is 10.4. The molecule has 278 valence electrons. The van der Waals surface area contributed by atoms with Crippen molar-refractivity contribution in [2.45, 2.75) is 52.6 Å². The molecule has 54 heavy (non-hydrogen) atoms. The minimum Gasteiger partial charge on any atom is -0.377 e. The highest BCUT2D eigenvalue weighted by Crippen LogP contribution is 2.26. The van der Waals surface area contributed by atoms with Crippen LogP contribution >= 0.6 is 21.6 Å². The number of allylic oxidation sites excluding steroid dienone is 9. The molecule has 0 saturated heterocycles. The van der Waals surface area contributed by atoms with Gasteiger partial charge in [0.15, 0.2) is 36.9 Å². The van der Waals surface area contributed by atoms with E-state index in [9.17, 15) is 0 Å². The summed E-state index contributed by atoms with van der Waals surface area (Å²) in [5.41, 5.74) is 13.1. The second-order valence-electron chi connectivity index (χ2n) is 14.3. The van der Waals surface area contributed by atoms with E-state index >= 15 is 0 Å². The summed E-state index contributed by atoms with van der Waals surface area (Å²) in [7, 11) is 8.40. The Kier molecular flexibility index (Phi) is 14.7. The molecule has 0 saturated carbocycles. The van der Waals surface area contributed by atoms with Gasteiger partial charge in [0.2, 0.25) is 0 Å². The van der Waals surface area contributed by atoms with Crippen molar-refractivity contribution in [3.63, 3.8) is 0 Å². The smallest absolute Gasteiger partial charge is 0.179 e. The largest absolute Gasteiger partial charge is 0.377 e. The highest BCUT2D eigenvalue weighted by atomic mass is 33.1. The maximum atomic E-state index is 2.43. The molecule has 0 bridgehead atoms. The third kappa shape index (κ3) is 12.0. The molecule has 4 nitrogen and oxygen atoms in total. The highest BCUT2D eigenvalue weighted by molar-refractivity contribution is 8.76. The normalized spacial score (nSPS) is 14.3. The summed E-state index contributed by atoms with van der Waals surface area (Å²) in [4.78, 5) is 4.79. The van der Waals surface area contributed by atoms with Gasteiger partial charge in [-0.1, -0.05) is 113 Å². The Hall–Kier alpha value is -4.52. The van der Waals surface area contributed by atoms with Crippen molar-refractivity contribution in [1.82, 2.24) is 4.90 Å². The van der Waals surface area contributed by atoms with Crippen LogP contribution in [0.15, 0.2) is 145 Å². The number of aryl methyl sites for hydroxylation is 2. The molecule has 6 heteroatoms. The minimum atomic E-state index is 0.902. The zero-order valence-electron chi connectivity index (χ0n) is 32.5. The maximum Gasteiger partial charge on any atom is 0.179 e. The molecular weight excluding hydrogens is 697 g/mol. The number of benzene rings is 2. The molecule has 2 aromatic heterocycles. The number of hydrogen-bond acceptors (Lipinski definition) is 4. The first kappa shape index (κ1) is 39.2. The van der Waals surface area contributed by atoms with E-state index < -0.39 is 0 Å². The van der Waals surface area contributed by atoms with Gasteiger partial charge in [-0.25, -0.2) is 0 Å². The van der Waals surface area contributed by atoms with Crippen molar-refractivity contribution in [3.8, 4) is 0 Å². The lowest BCUT2D eigenvalue weighted by Crippen LogP contribution is -2.37. The van der Waals surface area contributed by atoms with Crippen LogP contribution in [0.2, 0.25) is 0 Å². The summed E-state index contributed by atoms with van der Waals surface area (Å²) in [5, 5.41) is 0. The first-order valence-corrected chi connectivity index (χ1v) is 21.8. The third-order valence-corrected chi connectivity index (χ3v) is 12.6. The first-order chi connectivity index (χ1) is 26.4. The summed E-state index contributed by atoms with van der Waals surface area (Å²) in [6.07, 6.45) is 29.4. The monoisotopic (exact) mass is 752 g/mol. The average molecular weight is 753 g/mol. The van der Waals surface area contributed by atoms with Gasteiger partial charge < -0.3 is 9.80 Å². The van der Waals surface area contributed by atoms with E-state index in [2.05, 4.69) is 193 Å². The van der Waals surface area contributed by atoms with Gasteiger partial charge in [-0.15, -0.1) is 0 Å². The van der Waals surface area contributed by atoms with Crippen molar-refractivity contribution in [2.75, 3.05) is 43.6 Å². The number of nitrogens with zero attached hydrogens (tertiary/aromatic N) is 4. The summed E-state index contributed by atoms with van der Waals surface area (Å²) in [6.45, 7) is 8.33. The molecule has 0 atom stereocenters. The van der Waals surface area contributed by atoms with Crippen molar-refractivity contribution >= 4 is 45.5 Å². The average Bonchev–Trinajstić information content (AvgIpc) is 3.20. The Labute approximate surface area is 332 Å². The predicted molar refractivity (Wildman–Crippen MR) is 235 cm³/mol. The Balaban J connectivity index is 0.867. The number of aromatic nitrogens is 2. The van der Waals surface area contributed by atoms with Gasteiger partial charge in [0.05, 0.1) is 0 Å². The number of hydrogen-bond donors (Lipinski definition) is 0. The second-order valence-corrected chi connectivity index (χ2v) is 17.1. The molecule has 0 spiro atoms. The van der Waals surface area contributed by atoms with Gasteiger partial charge in [0.25, 0.3) is 0 Å². The van der Waals surface area contributed by atoms with Gasteiger partial charge in [-0.3, -0.25) is 0 Å². The highest BCUT2D eigenvalue weighted by Gasteiger charge is 2.12. The fraction of sp³-hybridized carbons (Fsp3) is 0.292. The van der Waals surface area contributed by atoms with Crippen molar-refractivity contribution in [3.05, 3.63) is 178 Å². The van der Waals surface area contributed by atoms with Crippen LogP contribution in [0, 0.1) is 13.8 Å². The number of rotatable bonds is 17. The molecule has 0 aliphatic heterocycles. The van der Waals surface area contributed by atoms with Crippen molar-refractivity contribution < 1.29 is 9.13 Å². The summed E-state index contributed by atoms with van der Waals surface area (Å²) in [6, 6.07) is 28.5. The lowest BCUT2D eigenvalue weighted by Gasteiger charge is -2.24. The lowest BCUT2D eigenvalue weighted by molar-refractivity contribution is -0.694. The van der Waals surface area contributed by atoms with Crippen LogP contribution in [0.5, 0.6) is 0 Å². The lowest BCUT2D eigenvalue weighted by atomic mass is 10.0. The molecule has 2 aromatic carbocycles. The molecule has 2 aliphatic carbocycles. The molecule has 0 radical (unpaired) electrons. The molecule has 2 aliphatic rings. The van der Waals surface area contributed by atoms with Gasteiger partial charge in [0.1, 0.15) is 0 Å². The van der Waals surface area contributed by atoms with Crippen molar-refractivity contribution in [1.29, 1.82) is 0 Å². The molecule has 0 amide bonds. The van der Waals surface area contributed by atoms with Gasteiger partial charge >= 0.3 is 0 Å². The molecule has 0 fully saturated rings. The number of pyridine rings is 2. The summed E-state index contributed by atoms with van der Waals surface area (Å²) in [5.74, 6) is 2.22. The van der Waals surface area contributed by atoms with Crippen LogP contribution < -0.4 is 14.0 Å². The minimum absolute atomic E-state index is 0.902. The van der Waals surface area contributed by atoms with E-state index in [0.29, 0.717) is 0 Å². The topological polar surface area (TPSA) is 14.2 Å². The van der Waals surface area contributed by atoms with Gasteiger partial charge in [-0.2, -0.15) is 9.13 Å². The third-order valence-electron chi connectivity index (χ3n) is 10.2. The van der Waals surface area contributed by atoms with Crippen LogP contribution in [-0.2, 0) is 13.1 Å². The molecule has 4 aromatic rings. The van der Waals surface area contributed by atoms with Crippen LogP contribution in [0.4, 0.5) is 5.69 Å². The fourth-order valence-corrected chi connectivity index (χ4v) is 8.82. The maximum absolute atomic E-state index is 2.43. The molecule has 2 heterocycles. The van der Waals surface area contributed by atoms with Crippen LogP contribution in [-0.4, -0.2) is 43.6 Å². The zero-order valence-corrected chi connectivity index (χ0v) is 34.2. The second kappa shape index (κ2) is 20.2. The summed E-state index contributed by atoms with van der Waals surface area (Å²) < 4.78 is 4.63. The van der Waals surface area contributed by atoms with E-state index in [1.807, 2.05) is 21.6 Å². The van der Waals surface area contributed by atoms with Gasteiger partial charge in [0, 0.05) is 99.3 Å². The van der Waals surface area contributed by atoms with E-state index in [1.54, 1.807) is 0 Å². The summed E-state index contributed by atoms with van der Waals surface area (Å²) >= 11 is 0. The quantitative estimate of drug-likeness (QED) is 0.0606. The van der Waals surface area contributed by atoms with E-state index in [-0.39, 0.29) is 0 Å². The standard InChI is InChI=1S/C48H56N4S2/c1-39-35-43(27-29-51(39)37-45-11-7-5-8-12-45)17-15-41-19-23-47(24-20-41)49(3)31-33-53-54-34-32-50(4)48-25-21-42(22-26-48)16-18-44-28-30-52(40(2)36-44)38-46-13-9-6-10-14-46/h5,7-9,11-19,21-23,25-30,35-36H,6,10,20,24,31-34,37-38H2,1-4H3/q+2. The Bertz CT molecular complexity index is 2020. The van der Waals surface area contributed by atoms with E-state index in [4.69, 9.17) is 0 Å². The Morgan fingerprint density at radius 3 is 1.93 bits per heavy atom. The van der Waals surface area contributed by atoms with E-state index in [0.717, 1.165) is 63.4 Å². The SMILES string of the molecule is Cc1cc(/C=C/c2ccc(N(C)CCSSCCN(C)C3=CC=C(/C=C/c4cc[n+](Cc5ccccc5)c(C)c4)CC3)cc2)cc[n+]1CC1=CCCC=C1. The molecular formula is C48H56N4S2+2. The molecule has 0 N–H and O–H groups in total. The van der Waals surface area contributed by atoms with Crippen LogP contribution in [0.25, 0.3) is 18.2 Å². The number of anilines is 1. The Morgan fingerprint density at radius 1 is 0.648 bits per heavy atom. The Morgan fingerprint density at radius 2 is 1.30 bits per heavy atom. The van der Waals surface area contributed by atoms with Gasteiger partial charge in [-0.05, 0) is 66.2 Å². The van der Waals surface area contributed by atoms with Crippen LogP contribution in [0.3, 0.4) is 0 Å². The molecule has 0 unspecified atom stereocenters.